The zero-order valence-corrected chi connectivity index (χ0v) is 28.3. The lowest BCUT2D eigenvalue weighted by Crippen LogP contribution is -2.28. The third-order valence-corrected chi connectivity index (χ3v) is 9.66. The highest BCUT2D eigenvalue weighted by molar-refractivity contribution is 6.32. The summed E-state index contributed by atoms with van der Waals surface area (Å²) in [6.45, 7) is 12.3. The fourth-order valence-corrected chi connectivity index (χ4v) is 6.76. The highest BCUT2D eigenvalue weighted by Crippen LogP contribution is 2.44. The highest BCUT2D eigenvalue weighted by atomic mass is 35.5. The summed E-state index contributed by atoms with van der Waals surface area (Å²) in [5.74, 6) is 3.16. The van der Waals surface area contributed by atoms with Crippen molar-refractivity contribution >= 4 is 17.4 Å². The van der Waals surface area contributed by atoms with Gasteiger partial charge in [0.05, 0.1) is 18.2 Å². The summed E-state index contributed by atoms with van der Waals surface area (Å²) in [5, 5.41) is 4.09. The van der Waals surface area contributed by atoms with Gasteiger partial charge in [0.25, 0.3) is 0 Å². The van der Waals surface area contributed by atoms with Gasteiger partial charge >= 0.3 is 0 Å². The number of carbonyl (C=O) groups is 1. The molecule has 0 bridgehead atoms. The summed E-state index contributed by atoms with van der Waals surface area (Å²) in [7, 11) is 2.16. The van der Waals surface area contributed by atoms with Gasteiger partial charge in [-0.1, -0.05) is 41.9 Å². The molecule has 3 aromatic carbocycles. The van der Waals surface area contributed by atoms with Gasteiger partial charge in [-0.15, -0.1) is 0 Å². The zero-order chi connectivity index (χ0) is 31.9. The molecular weight excluding hydrogens is 584 g/mol. The molecule has 45 heavy (non-hydrogen) atoms. The largest absolute Gasteiger partial charge is 0.493 e. The first-order valence-corrected chi connectivity index (χ1v) is 17.0. The molecule has 2 atom stereocenters. The van der Waals surface area contributed by atoms with E-state index in [-0.39, 0.29) is 6.10 Å². The Morgan fingerprint density at radius 1 is 1.00 bits per heavy atom. The summed E-state index contributed by atoms with van der Waals surface area (Å²) in [4.78, 5) is 14.0. The predicted molar refractivity (Wildman–Crippen MR) is 183 cm³/mol. The van der Waals surface area contributed by atoms with Gasteiger partial charge in [0.1, 0.15) is 29.1 Å². The van der Waals surface area contributed by atoms with Gasteiger partial charge in [-0.3, -0.25) is 4.79 Å². The average molecular weight is 633 g/mol. The number of nitrogens with zero attached hydrogens (tertiary/aromatic N) is 1. The second-order valence-corrected chi connectivity index (χ2v) is 13.2. The number of benzene rings is 3. The maximum absolute atomic E-state index is 11.6. The van der Waals surface area contributed by atoms with E-state index < -0.39 is 0 Å². The average Bonchev–Trinajstić information content (AvgIpc) is 3.63. The smallest absolute Gasteiger partial charge is 0.142 e. The lowest BCUT2D eigenvalue weighted by Gasteiger charge is -2.21. The Morgan fingerprint density at radius 3 is 2.56 bits per heavy atom. The molecule has 7 heteroatoms. The minimum Gasteiger partial charge on any atom is -0.493 e. The molecule has 0 saturated heterocycles. The Balaban J connectivity index is 1.28. The van der Waals surface area contributed by atoms with E-state index in [0.717, 1.165) is 55.8 Å². The van der Waals surface area contributed by atoms with Crippen molar-refractivity contribution in [2.24, 2.45) is 5.92 Å². The summed E-state index contributed by atoms with van der Waals surface area (Å²) in [6.07, 6.45) is 5.08. The number of halogens is 1. The minimum atomic E-state index is -0.0894. The first kappa shape index (κ1) is 33.3. The molecular formula is C38H49ClN2O4. The van der Waals surface area contributed by atoms with Crippen LogP contribution in [-0.4, -0.2) is 50.1 Å². The van der Waals surface area contributed by atoms with Crippen molar-refractivity contribution in [3.63, 3.8) is 0 Å². The number of hydrogen-bond acceptors (Lipinski definition) is 6. The highest BCUT2D eigenvalue weighted by Gasteiger charge is 2.28. The molecule has 1 fully saturated rings. The molecule has 0 aromatic heterocycles. The lowest BCUT2D eigenvalue weighted by atomic mass is 9.93. The van der Waals surface area contributed by atoms with Crippen LogP contribution in [0.15, 0.2) is 48.5 Å². The van der Waals surface area contributed by atoms with Crippen molar-refractivity contribution in [2.75, 3.05) is 33.4 Å². The van der Waals surface area contributed by atoms with Gasteiger partial charge in [-0.05, 0) is 113 Å². The molecule has 0 unspecified atom stereocenters. The van der Waals surface area contributed by atoms with Crippen LogP contribution in [0.5, 0.6) is 17.2 Å². The van der Waals surface area contributed by atoms with Gasteiger partial charge < -0.3 is 24.4 Å². The number of hydrogen-bond donors (Lipinski definition) is 1. The molecule has 242 valence electrons. The zero-order valence-electron chi connectivity index (χ0n) is 27.6. The molecule has 0 radical (unpaired) electrons. The van der Waals surface area contributed by atoms with E-state index in [9.17, 15) is 4.79 Å². The molecule has 6 nitrogen and oxygen atoms in total. The summed E-state index contributed by atoms with van der Waals surface area (Å²) < 4.78 is 18.9. The molecule has 1 N–H and O–H groups in total. The Morgan fingerprint density at radius 2 is 1.80 bits per heavy atom. The third-order valence-electron chi connectivity index (χ3n) is 9.36. The fraction of sp³-hybridized carbons (Fsp3) is 0.500. The standard InChI is InChI=1S/C38H49ClN2O4/c1-6-43-37-22-38(34(39)21-28(37)24-40-23-27-14-15-29(42)20-27)45-36-17-16-32-31(11-7-12-33(32)36)30-10-8-13-35(26(30)4)44-19-9-18-41(5)25(2)3/h7-8,10-13,21-22,25,27,36,40H,6,9,14-20,23-24H2,1-5H3/t27-,36+/m1/s1. The Bertz CT molecular complexity index is 1470. The van der Waals surface area contributed by atoms with E-state index >= 15 is 0 Å². The second-order valence-electron chi connectivity index (χ2n) is 12.8. The van der Waals surface area contributed by atoms with Crippen LogP contribution in [0.1, 0.15) is 81.2 Å². The first-order chi connectivity index (χ1) is 21.7. The van der Waals surface area contributed by atoms with E-state index in [0.29, 0.717) is 61.1 Å². The van der Waals surface area contributed by atoms with Crippen LogP contribution < -0.4 is 19.5 Å². The number of nitrogens with one attached hydrogen (secondary N) is 1. The molecule has 1 saturated carbocycles. The minimum absolute atomic E-state index is 0.0894. The van der Waals surface area contributed by atoms with E-state index in [1.54, 1.807) is 0 Å². The molecule has 5 rings (SSSR count). The van der Waals surface area contributed by atoms with Crippen LogP contribution in [-0.2, 0) is 17.8 Å². The van der Waals surface area contributed by atoms with Crippen LogP contribution in [0.25, 0.3) is 11.1 Å². The molecule has 0 spiro atoms. The fourth-order valence-electron chi connectivity index (χ4n) is 6.53. The summed E-state index contributed by atoms with van der Waals surface area (Å²) >= 11 is 6.81. The van der Waals surface area contributed by atoms with Crippen molar-refractivity contribution < 1.29 is 19.0 Å². The summed E-state index contributed by atoms with van der Waals surface area (Å²) in [6, 6.07) is 17.3. The SMILES string of the molecule is CCOc1cc(O[C@H]2CCc3c(-c4cccc(OCCCN(C)C(C)C)c4C)cccc32)c(Cl)cc1CNC[C@@H]1CCC(=O)C1. The maximum Gasteiger partial charge on any atom is 0.142 e. The van der Waals surface area contributed by atoms with Crippen LogP contribution >= 0.6 is 11.6 Å². The molecule has 2 aliphatic rings. The monoisotopic (exact) mass is 632 g/mol. The molecule has 0 aliphatic heterocycles. The van der Waals surface area contributed by atoms with Crippen LogP contribution in [0, 0.1) is 12.8 Å². The topological polar surface area (TPSA) is 60.0 Å². The lowest BCUT2D eigenvalue weighted by molar-refractivity contribution is -0.117. The van der Waals surface area contributed by atoms with Gasteiger partial charge in [0.2, 0.25) is 0 Å². The van der Waals surface area contributed by atoms with E-state index in [2.05, 4.69) is 74.4 Å². The van der Waals surface area contributed by atoms with Crippen LogP contribution in [0.4, 0.5) is 0 Å². The normalized spacial score (nSPS) is 17.7. The van der Waals surface area contributed by atoms with Crippen LogP contribution in [0.3, 0.4) is 0 Å². The number of ketones is 1. The van der Waals surface area contributed by atoms with Crippen molar-refractivity contribution in [3.05, 3.63) is 75.8 Å². The third kappa shape index (κ3) is 8.21. The summed E-state index contributed by atoms with van der Waals surface area (Å²) in [5.41, 5.74) is 7.15. The first-order valence-electron chi connectivity index (χ1n) is 16.6. The van der Waals surface area contributed by atoms with Crippen molar-refractivity contribution in [1.82, 2.24) is 10.2 Å². The van der Waals surface area contributed by atoms with E-state index in [1.165, 1.54) is 27.8 Å². The Hall–Kier alpha value is -3.06. The number of ether oxygens (including phenoxy) is 3. The van der Waals surface area contributed by atoms with Gasteiger partial charge in [-0.25, -0.2) is 0 Å². The van der Waals surface area contributed by atoms with Gasteiger partial charge in [0, 0.05) is 43.6 Å². The van der Waals surface area contributed by atoms with E-state index in [4.69, 9.17) is 25.8 Å². The number of fused-ring (bicyclic) bond motifs is 1. The number of carbonyl (C=O) groups excluding carboxylic acids is 1. The van der Waals surface area contributed by atoms with Crippen molar-refractivity contribution in [2.45, 2.75) is 84.9 Å². The predicted octanol–water partition coefficient (Wildman–Crippen LogP) is 8.35. The maximum atomic E-state index is 11.6. The van der Waals surface area contributed by atoms with Crippen molar-refractivity contribution in [1.29, 1.82) is 0 Å². The molecule has 2 aliphatic carbocycles. The van der Waals surface area contributed by atoms with Gasteiger partial charge in [0.15, 0.2) is 0 Å². The van der Waals surface area contributed by atoms with Gasteiger partial charge in [-0.2, -0.15) is 0 Å². The number of Topliss-reactive ketones (excluding diaryl/α,β-unsaturated/α-hetero) is 1. The van der Waals surface area contributed by atoms with Crippen LogP contribution in [0.2, 0.25) is 5.02 Å². The molecule has 3 aromatic rings. The molecule has 0 heterocycles. The quantitative estimate of drug-likeness (QED) is 0.170. The molecule has 0 amide bonds. The van der Waals surface area contributed by atoms with Crippen molar-refractivity contribution in [3.8, 4) is 28.4 Å². The Kier molecular flexibility index (Phi) is 11.5. The number of rotatable bonds is 15. The van der Waals surface area contributed by atoms with E-state index in [1.807, 2.05) is 19.1 Å². The second kappa shape index (κ2) is 15.5. The Labute approximate surface area is 274 Å².